The van der Waals surface area contributed by atoms with Crippen molar-refractivity contribution < 1.29 is 9.18 Å². The quantitative estimate of drug-likeness (QED) is 0.328. The minimum atomic E-state index is -0.228. The fourth-order valence-corrected chi connectivity index (χ4v) is 3.80. The van der Waals surface area contributed by atoms with Gasteiger partial charge in [-0.2, -0.15) is 11.8 Å². The number of benzene rings is 1. The van der Waals surface area contributed by atoms with Gasteiger partial charge in [-0.05, 0) is 43.4 Å². The van der Waals surface area contributed by atoms with Gasteiger partial charge in [-0.3, -0.25) is 4.79 Å². The number of aromatic nitrogens is 1. The lowest BCUT2D eigenvalue weighted by Crippen LogP contribution is -2.41. The van der Waals surface area contributed by atoms with Crippen molar-refractivity contribution in [1.29, 1.82) is 0 Å². The minimum Gasteiger partial charge on any atom is -0.357 e. The van der Waals surface area contributed by atoms with Crippen LogP contribution in [0.25, 0.3) is 0 Å². The number of rotatable bonds is 9. The van der Waals surface area contributed by atoms with Gasteiger partial charge in [0.25, 0.3) is 5.91 Å². The van der Waals surface area contributed by atoms with Gasteiger partial charge in [0.15, 0.2) is 5.96 Å². The molecule has 28 heavy (non-hydrogen) atoms. The second-order valence-corrected chi connectivity index (χ2v) is 7.71. The number of thiazole rings is 1. The lowest BCUT2D eigenvalue weighted by molar-refractivity contribution is 0.0957. The van der Waals surface area contributed by atoms with E-state index < -0.39 is 0 Å². The van der Waals surface area contributed by atoms with Crippen LogP contribution in [0.15, 0.2) is 28.7 Å². The third kappa shape index (κ3) is 6.79. The van der Waals surface area contributed by atoms with Crippen LogP contribution in [0.3, 0.4) is 0 Å². The predicted molar refractivity (Wildman–Crippen MR) is 116 cm³/mol. The average Bonchev–Trinajstić information content (AvgIpc) is 3.10. The first-order valence-electron chi connectivity index (χ1n) is 9.01. The Hall–Kier alpha value is -2.13. The third-order valence-electron chi connectivity index (χ3n) is 3.87. The lowest BCUT2D eigenvalue weighted by atomic mass is 10.1. The highest BCUT2D eigenvalue weighted by Crippen LogP contribution is 2.17. The zero-order chi connectivity index (χ0) is 20.4. The van der Waals surface area contributed by atoms with E-state index in [0.29, 0.717) is 30.5 Å². The Bertz CT molecular complexity index is 809. The molecule has 1 heterocycles. The fourth-order valence-electron chi connectivity index (χ4n) is 2.50. The average molecular weight is 424 g/mol. The summed E-state index contributed by atoms with van der Waals surface area (Å²) in [6.07, 6.45) is 1.99. The summed E-state index contributed by atoms with van der Waals surface area (Å²) in [5.74, 6) is 1.06. The maximum Gasteiger partial charge on any atom is 0.263 e. The minimum absolute atomic E-state index is 0.114. The molecule has 1 aromatic heterocycles. The summed E-state index contributed by atoms with van der Waals surface area (Å²) < 4.78 is 13.5. The predicted octanol–water partition coefficient (Wildman–Crippen LogP) is 2.94. The van der Waals surface area contributed by atoms with Gasteiger partial charge in [-0.15, -0.1) is 11.3 Å². The van der Waals surface area contributed by atoms with Gasteiger partial charge in [0.2, 0.25) is 0 Å². The maximum absolute atomic E-state index is 13.5. The molecule has 9 heteroatoms. The molecule has 3 N–H and O–H groups in total. The summed E-state index contributed by atoms with van der Waals surface area (Å²) in [4.78, 5) is 21.4. The topological polar surface area (TPSA) is 78.4 Å². The van der Waals surface area contributed by atoms with E-state index in [-0.39, 0.29) is 11.7 Å². The number of guanidine groups is 1. The molecule has 152 valence electrons. The molecule has 0 aliphatic rings. The third-order valence-corrected chi connectivity index (χ3v) is 5.40. The molecular formula is C19H26FN5OS2. The van der Waals surface area contributed by atoms with Crippen LogP contribution in [-0.4, -0.2) is 42.7 Å². The van der Waals surface area contributed by atoms with Gasteiger partial charge in [0.05, 0.1) is 17.7 Å². The normalized spacial score (nSPS) is 11.4. The van der Waals surface area contributed by atoms with Crippen LogP contribution < -0.4 is 16.0 Å². The smallest absolute Gasteiger partial charge is 0.263 e. The lowest BCUT2D eigenvalue weighted by Gasteiger charge is -2.13. The van der Waals surface area contributed by atoms with Crippen molar-refractivity contribution in [2.24, 2.45) is 4.99 Å². The molecule has 0 spiro atoms. The number of aliphatic imine (C=N–C) groups is 1. The van der Waals surface area contributed by atoms with Crippen LogP contribution in [0.1, 0.15) is 33.4 Å². The molecule has 0 saturated carbocycles. The van der Waals surface area contributed by atoms with Gasteiger partial charge in [0, 0.05) is 25.4 Å². The van der Waals surface area contributed by atoms with Gasteiger partial charge >= 0.3 is 0 Å². The number of hydrogen-bond donors (Lipinski definition) is 3. The standard InChI is InChI=1S/C19H26FN5OS2/c1-4-21-19(23-8-7-22-18(26)17-13(2)25-12-28-17)24-10-14-5-6-16(20)9-15(14)11-27-3/h5-6,9,12H,4,7-8,10-11H2,1-3H3,(H,22,26)(H2,21,23,24). The molecule has 2 aromatic rings. The highest BCUT2D eigenvalue weighted by Gasteiger charge is 2.10. The van der Waals surface area contributed by atoms with E-state index in [4.69, 9.17) is 0 Å². The van der Waals surface area contributed by atoms with Crippen LogP contribution in [0.4, 0.5) is 4.39 Å². The van der Waals surface area contributed by atoms with Crippen LogP contribution in [0.5, 0.6) is 0 Å². The fraction of sp³-hybridized carbons (Fsp3) is 0.421. The molecule has 0 atom stereocenters. The second kappa shape index (κ2) is 11.7. The summed E-state index contributed by atoms with van der Waals surface area (Å²) >= 11 is 2.99. The van der Waals surface area contributed by atoms with Gasteiger partial charge in [0.1, 0.15) is 10.7 Å². The Kier molecular flexibility index (Phi) is 9.22. The first-order chi connectivity index (χ1) is 13.5. The Labute approximate surface area is 173 Å². The Morgan fingerprint density at radius 2 is 2.04 bits per heavy atom. The number of carbonyl (C=O) groups excluding carboxylic acids is 1. The number of halogens is 1. The summed E-state index contributed by atoms with van der Waals surface area (Å²) in [5, 5.41) is 9.25. The van der Waals surface area contributed by atoms with E-state index >= 15 is 0 Å². The molecule has 0 bridgehead atoms. The SMILES string of the molecule is CCNC(=NCc1ccc(F)cc1CSC)NCCNC(=O)c1scnc1C. The molecule has 0 radical (unpaired) electrons. The van der Waals surface area contributed by atoms with Crippen molar-refractivity contribution in [2.75, 3.05) is 25.9 Å². The van der Waals surface area contributed by atoms with Crippen molar-refractivity contribution in [3.05, 3.63) is 51.2 Å². The van der Waals surface area contributed by atoms with E-state index in [1.54, 1.807) is 29.4 Å². The largest absolute Gasteiger partial charge is 0.357 e. The first-order valence-corrected chi connectivity index (χ1v) is 11.3. The van der Waals surface area contributed by atoms with Crippen molar-refractivity contribution in [2.45, 2.75) is 26.1 Å². The molecule has 0 saturated heterocycles. The van der Waals surface area contributed by atoms with Crippen LogP contribution in [0, 0.1) is 12.7 Å². The van der Waals surface area contributed by atoms with Crippen molar-refractivity contribution in [3.8, 4) is 0 Å². The number of nitrogens with one attached hydrogen (secondary N) is 3. The zero-order valence-electron chi connectivity index (χ0n) is 16.3. The Morgan fingerprint density at radius 3 is 2.71 bits per heavy atom. The second-order valence-electron chi connectivity index (χ2n) is 5.99. The van der Waals surface area contributed by atoms with Gasteiger partial charge in [-0.1, -0.05) is 6.07 Å². The van der Waals surface area contributed by atoms with E-state index in [1.807, 2.05) is 20.1 Å². The molecular weight excluding hydrogens is 397 g/mol. The highest BCUT2D eigenvalue weighted by molar-refractivity contribution is 7.97. The van der Waals surface area contributed by atoms with Crippen LogP contribution in [-0.2, 0) is 12.3 Å². The molecule has 0 aliphatic carbocycles. The van der Waals surface area contributed by atoms with Crippen molar-refractivity contribution >= 4 is 35.0 Å². The number of thioether (sulfide) groups is 1. The molecule has 1 amide bonds. The zero-order valence-corrected chi connectivity index (χ0v) is 18.0. The van der Waals surface area contributed by atoms with Crippen molar-refractivity contribution in [1.82, 2.24) is 20.9 Å². The maximum atomic E-state index is 13.5. The van der Waals surface area contributed by atoms with Crippen molar-refractivity contribution in [3.63, 3.8) is 0 Å². The van der Waals surface area contributed by atoms with Gasteiger partial charge in [-0.25, -0.2) is 14.4 Å². The Balaban J connectivity index is 1.88. The summed E-state index contributed by atoms with van der Waals surface area (Å²) in [6.45, 7) is 5.99. The Morgan fingerprint density at radius 1 is 1.25 bits per heavy atom. The molecule has 1 aromatic carbocycles. The van der Waals surface area contributed by atoms with E-state index in [9.17, 15) is 9.18 Å². The summed E-state index contributed by atoms with van der Waals surface area (Å²) in [7, 11) is 0. The number of nitrogens with zero attached hydrogens (tertiary/aromatic N) is 2. The molecule has 0 aliphatic heterocycles. The molecule has 6 nitrogen and oxygen atoms in total. The summed E-state index contributed by atoms with van der Waals surface area (Å²) in [5.41, 5.74) is 4.37. The van der Waals surface area contributed by atoms with E-state index in [0.717, 1.165) is 29.1 Å². The molecule has 2 rings (SSSR count). The van der Waals surface area contributed by atoms with Crippen LogP contribution >= 0.6 is 23.1 Å². The number of amides is 1. The number of hydrogen-bond acceptors (Lipinski definition) is 5. The number of aryl methyl sites for hydroxylation is 1. The highest BCUT2D eigenvalue weighted by atomic mass is 32.2. The van der Waals surface area contributed by atoms with Crippen LogP contribution in [0.2, 0.25) is 0 Å². The summed E-state index contributed by atoms with van der Waals surface area (Å²) in [6, 6.07) is 4.82. The van der Waals surface area contributed by atoms with Gasteiger partial charge < -0.3 is 16.0 Å². The number of carbonyl (C=O) groups is 1. The first kappa shape index (κ1) is 22.2. The molecule has 0 unspecified atom stereocenters. The van der Waals surface area contributed by atoms with E-state index in [1.165, 1.54) is 17.4 Å². The van der Waals surface area contributed by atoms with E-state index in [2.05, 4.69) is 25.9 Å². The molecule has 0 fully saturated rings. The monoisotopic (exact) mass is 423 g/mol.